The van der Waals surface area contributed by atoms with Gasteiger partial charge < -0.3 is 15.0 Å². The predicted molar refractivity (Wildman–Crippen MR) is 76.2 cm³/mol. The minimum atomic E-state index is -0.444. The lowest BCUT2D eigenvalue weighted by molar-refractivity contribution is -0.384. The maximum atomic E-state index is 10.8. The van der Waals surface area contributed by atoms with Crippen LogP contribution in [-0.2, 0) is 0 Å². The number of aromatic nitrogens is 1. The number of nitro groups is 1. The molecule has 1 atom stereocenters. The second kappa shape index (κ2) is 6.51. The van der Waals surface area contributed by atoms with Crippen LogP contribution in [0.4, 0.5) is 11.5 Å². The molecule has 0 bridgehead atoms. The van der Waals surface area contributed by atoms with E-state index in [1.165, 1.54) is 25.0 Å². The van der Waals surface area contributed by atoms with Gasteiger partial charge in [0, 0.05) is 13.1 Å². The number of ether oxygens (including phenoxy) is 1. The third kappa shape index (κ3) is 3.57. The average Bonchev–Trinajstić information content (AvgIpc) is 2.84. The number of likely N-dealkylation sites (tertiary alicyclic amines) is 1. The molecule has 0 aliphatic carbocycles. The van der Waals surface area contributed by atoms with Crippen LogP contribution in [0.25, 0.3) is 0 Å². The summed E-state index contributed by atoms with van der Waals surface area (Å²) in [6, 6.07) is 3.29. The summed E-state index contributed by atoms with van der Waals surface area (Å²) in [5.41, 5.74) is -0.0164. The first-order valence-corrected chi connectivity index (χ1v) is 6.77. The number of rotatable bonds is 6. The summed E-state index contributed by atoms with van der Waals surface area (Å²) in [6.07, 6.45) is 3.32. The summed E-state index contributed by atoms with van der Waals surface area (Å²) < 4.78 is 5.57. The van der Waals surface area contributed by atoms with Crippen molar-refractivity contribution in [1.82, 2.24) is 9.88 Å². The third-order valence-corrected chi connectivity index (χ3v) is 3.63. The first-order valence-electron chi connectivity index (χ1n) is 6.77. The molecule has 1 aliphatic heterocycles. The molecule has 20 heavy (non-hydrogen) atoms. The highest BCUT2D eigenvalue weighted by Crippen LogP contribution is 2.23. The smallest absolute Gasteiger partial charge is 0.278 e. The Labute approximate surface area is 118 Å². The van der Waals surface area contributed by atoms with Crippen LogP contribution in [0.5, 0.6) is 5.88 Å². The Morgan fingerprint density at radius 2 is 2.40 bits per heavy atom. The van der Waals surface area contributed by atoms with Crippen molar-refractivity contribution in [2.24, 2.45) is 0 Å². The zero-order valence-corrected chi connectivity index (χ0v) is 11.8. The molecule has 1 unspecified atom stereocenters. The van der Waals surface area contributed by atoms with E-state index >= 15 is 0 Å². The van der Waals surface area contributed by atoms with Crippen molar-refractivity contribution in [2.75, 3.05) is 32.6 Å². The van der Waals surface area contributed by atoms with E-state index in [1.807, 2.05) is 0 Å². The van der Waals surface area contributed by atoms with Gasteiger partial charge in [-0.15, -0.1) is 0 Å². The van der Waals surface area contributed by atoms with Gasteiger partial charge in [-0.3, -0.25) is 10.1 Å². The molecule has 0 radical (unpaired) electrons. The van der Waals surface area contributed by atoms with Crippen LogP contribution in [0.1, 0.15) is 19.3 Å². The first-order chi connectivity index (χ1) is 9.60. The van der Waals surface area contributed by atoms with E-state index in [4.69, 9.17) is 4.74 Å². The Morgan fingerprint density at radius 3 is 3.00 bits per heavy atom. The Balaban J connectivity index is 1.94. The van der Waals surface area contributed by atoms with Crippen LogP contribution < -0.4 is 10.1 Å². The fraction of sp³-hybridized carbons (Fsp3) is 0.615. The monoisotopic (exact) mass is 280 g/mol. The van der Waals surface area contributed by atoms with E-state index in [0.717, 1.165) is 13.0 Å². The fourth-order valence-corrected chi connectivity index (χ4v) is 2.44. The van der Waals surface area contributed by atoms with Crippen molar-refractivity contribution < 1.29 is 9.66 Å². The quantitative estimate of drug-likeness (QED) is 0.633. The second-order valence-corrected chi connectivity index (χ2v) is 4.97. The summed E-state index contributed by atoms with van der Waals surface area (Å²) in [5.74, 6) is 0.733. The van der Waals surface area contributed by atoms with Gasteiger partial charge >= 0.3 is 0 Å². The molecular weight excluding hydrogens is 260 g/mol. The lowest BCUT2D eigenvalue weighted by Gasteiger charge is -2.19. The summed E-state index contributed by atoms with van der Waals surface area (Å²) in [6.45, 7) is 1.65. The van der Waals surface area contributed by atoms with Crippen LogP contribution in [0.15, 0.2) is 12.1 Å². The molecule has 0 saturated carbocycles. The number of hydrogen-bond acceptors (Lipinski definition) is 6. The van der Waals surface area contributed by atoms with E-state index in [9.17, 15) is 10.1 Å². The standard InChI is InChI=1S/C13H20N4O3/c1-14-12-8-11(17(18)19)9-13(15-12)20-7-5-10-4-3-6-16(10)2/h8-10H,3-7H2,1-2H3,(H,14,15). The van der Waals surface area contributed by atoms with Crippen LogP contribution >= 0.6 is 0 Å². The highest BCUT2D eigenvalue weighted by Gasteiger charge is 2.20. The van der Waals surface area contributed by atoms with E-state index in [2.05, 4.69) is 22.2 Å². The normalized spacial score (nSPS) is 19.0. The molecule has 1 N–H and O–H groups in total. The molecule has 2 heterocycles. The Kier molecular flexibility index (Phi) is 4.73. The molecule has 0 spiro atoms. The van der Waals surface area contributed by atoms with Gasteiger partial charge in [-0.1, -0.05) is 0 Å². The zero-order chi connectivity index (χ0) is 14.5. The van der Waals surface area contributed by atoms with Gasteiger partial charge in [0.2, 0.25) is 5.88 Å². The molecule has 7 nitrogen and oxygen atoms in total. The van der Waals surface area contributed by atoms with Crippen molar-refractivity contribution in [2.45, 2.75) is 25.3 Å². The van der Waals surface area contributed by atoms with Gasteiger partial charge in [0.25, 0.3) is 5.69 Å². The maximum absolute atomic E-state index is 10.8. The molecule has 0 amide bonds. The molecular formula is C13H20N4O3. The summed E-state index contributed by atoms with van der Waals surface area (Å²) >= 11 is 0. The van der Waals surface area contributed by atoms with Crippen LogP contribution in [-0.4, -0.2) is 48.1 Å². The number of anilines is 1. The van der Waals surface area contributed by atoms with Gasteiger partial charge in [0.1, 0.15) is 5.82 Å². The topological polar surface area (TPSA) is 80.5 Å². The molecule has 0 aromatic carbocycles. The number of hydrogen-bond donors (Lipinski definition) is 1. The molecule has 7 heteroatoms. The second-order valence-electron chi connectivity index (χ2n) is 4.97. The van der Waals surface area contributed by atoms with Crippen LogP contribution in [0.3, 0.4) is 0 Å². The molecule has 1 aromatic heterocycles. The lowest BCUT2D eigenvalue weighted by atomic mass is 10.1. The number of nitrogens with one attached hydrogen (secondary N) is 1. The van der Waals surface area contributed by atoms with Crippen molar-refractivity contribution >= 4 is 11.5 Å². The SMILES string of the molecule is CNc1cc([N+](=O)[O-])cc(OCCC2CCCN2C)n1. The highest BCUT2D eigenvalue weighted by atomic mass is 16.6. The minimum absolute atomic E-state index is 0.0164. The van der Waals surface area contributed by atoms with Crippen LogP contribution in [0, 0.1) is 10.1 Å². The summed E-state index contributed by atoms with van der Waals surface area (Å²) in [4.78, 5) is 16.9. The zero-order valence-electron chi connectivity index (χ0n) is 11.8. The summed E-state index contributed by atoms with van der Waals surface area (Å²) in [5, 5.41) is 13.6. The van der Waals surface area contributed by atoms with E-state index in [1.54, 1.807) is 7.05 Å². The number of nitrogens with zero attached hydrogens (tertiary/aromatic N) is 3. The van der Waals surface area contributed by atoms with Gasteiger partial charge in [0.05, 0.1) is 23.7 Å². The van der Waals surface area contributed by atoms with Gasteiger partial charge in [0.15, 0.2) is 0 Å². The molecule has 1 fully saturated rings. The van der Waals surface area contributed by atoms with Gasteiger partial charge in [-0.05, 0) is 32.9 Å². The summed E-state index contributed by atoms with van der Waals surface area (Å²) in [7, 11) is 3.78. The van der Waals surface area contributed by atoms with Gasteiger partial charge in [-0.25, -0.2) is 0 Å². The Morgan fingerprint density at radius 1 is 1.60 bits per heavy atom. The fourth-order valence-electron chi connectivity index (χ4n) is 2.44. The first kappa shape index (κ1) is 14.5. The predicted octanol–water partition coefficient (Wildman–Crippen LogP) is 1.89. The molecule has 2 rings (SSSR count). The lowest BCUT2D eigenvalue weighted by Crippen LogP contribution is -2.26. The molecule has 110 valence electrons. The third-order valence-electron chi connectivity index (χ3n) is 3.63. The van der Waals surface area contributed by atoms with Crippen LogP contribution in [0.2, 0.25) is 0 Å². The van der Waals surface area contributed by atoms with E-state index < -0.39 is 4.92 Å². The Hall–Kier alpha value is -1.89. The molecule has 1 saturated heterocycles. The number of pyridine rings is 1. The minimum Gasteiger partial charge on any atom is -0.477 e. The average molecular weight is 280 g/mol. The highest BCUT2D eigenvalue weighted by molar-refractivity contribution is 5.47. The largest absolute Gasteiger partial charge is 0.477 e. The molecule has 1 aliphatic rings. The van der Waals surface area contributed by atoms with Crippen molar-refractivity contribution in [1.29, 1.82) is 0 Å². The maximum Gasteiger partial charge on any atom is 0.278 e. The van der Waals surface area contributed by atoms with Crippen molar-refractivity contribution in [3.05, 3.63) is 22.2 Å². The van der Waals surface area contributed by atoms with Crippen molar-refractivity contribution in [3.63, 3.8) is 0 Å². The van der Waals surface area contributed by atoms with E-state index in [-0.39, 0.29) is 5.69 Å². The van der Waals surface area contributed by atoms with Gasteiger partial charge in [-0.2, -0.15) is 4.98 Å². The molecule has 1 aromatic rings. The van der Waals surface area contributed by atoms with Crippen molar-refractivity contribution in [3.8, 4) is 5.88 Å². The van der Waals surface area contributed by atoms with E-state index in [0.29, 0.717) is 24.3 Å². The Bertz CT molecular complexity index is 481.